The molecule has 2 N–H and O–H groups in total. The van der Waals surface area contributed by atoms with E-state index in [9.17, 15) is 4.79 Å². The minimum atomic E-state index is -0.0688. The number of carbonyl (C=O) groups is 1. The van der Waals surface area contributed by atoms with Crippen LogP contribution in [-0.4, -0.2) is 29.7 Å². The summed E-state index contributed by atoms with van der Waals surface area (Å²) >= 11 is 6.10. The number of fused-ring (bicyclic) bond motifs is 3. The average Bonchev–Trinajstić information content (AvgIpc) is 3.31. The van der Waals surface area contributed by atoms with Crippen molar-refractivity contribution >= 4 is 45.7 Å². The summed E-state index contributed by atoms with van der Waals surface area (Å²) in [6.45, 7) is 3.54. The molecule has 3 heterocycles. The Morgan fingerprint density at radius 3 is 2.88 bits per heavy atom. The van der Waals surface area contributed by atoms with E-state index in [-0.39, 0.29) is 6.03 Å². The molecule has 8 heteroatoms. The molecule has 4 aromatic rings. The molecule has 1 aliphatic rings. The van der Waals surface area contributed by atoms with Gasteiger partial charge in [-0.2, -0.15) is 0 Å². The van der Waals surface area contributed by atoms with E-state index in [1.165, 1.54) is 0 Å². The van der Waals surface area contributed by atoms with Crippen molar-refractivity contribution in [3.8, 4) is 5.75 Å². The molecule has 1 aliphatic heterocycles. The molecule has 2 aromatic heterocycles. The lowest BCUT2D eigenvalue weighted by molar-refractivity contribution is 0.250. The highest BCUT2D eigenvalue weighted by atomic mass is 35.5. The van der Waals surface area contributed by atoms with Gasteiger partial charge in [0.05, 0.1) is 19.3 Å². The molecule has 0 fully saturated rings. The van der Waals surface area contributed by atoms with E-state index in [0.29, 0.717) is 30.4 Å². The van der Waals surface area contributed by atoms with Crippen LogP contribution in [0, 0.1) is 0 Å². The number of aromatic nitrogens is 2. The summed E-state index contributed by atoms with van der Waals surface area (Å²) in [7, 11) is 1.63. The number of ether oxygens (including phenoxy) is 1. The number of halogens is 1. The number of urea groups is 1. The van der Waals surface area contributed by atoms with Crippen molar-refractivity contribution < 1.29 is 9.53 Å². The van der Waals surface area contributed by atoms with Crippen LogP contribution in [-0.2, 0) is 13.1 Å². The summed E-state index contributed by atoms with van der Waals surface area (Å²) in [6, 6.07) is 15.4. The number of amides is 2. The predicted octanol–water partition coefficient (Wildman–Crippen LogP) is 5.80. The Morgan fingerprint density at radius 1 is 1.21 bits per heavy atom. The van der Waals surface area contributed by atoms with Gasteiger partial charge in [-0.1, -0.05) is 17.7 Å². The molecule has 0 aliphatic carbocycles. The first-order chi connectivity index (χ1) is 16.1. The van der Waals surface area contributed by atoms with Gasteiger partial charge in [-0.05, 0) is 48.9 Å². The van der Waals surface area contributed by atoms with E-state index in [0.717, 1.165) is 39.2 Å². The highest BCUT2D eigenvalue weighted by Crippen LogP contribution is 2.37. The minimum Gasteiger partial charge on any atom is -0.497 e. The number of aromatic amines is 1. The van der Waals surface area contributed by atoms with Crippen molar-refractivity contribution in [3.63, 3.8) is 0 Å². The smallest absolute Gasteiger partial charge is 0.329 e. The third-order valence-corrected chi connectivity index (χ3v) is 6.07. The SMILES string of the molecule is CCN1C(=O)N(c2cc(CNc3cccc(Cl)c3)cc(OC)c2)Cc2cnc3[nH]ccc3c21. The Hall–Kier alpha value is -3.71. The molecule has 2 amide bonds. The van der Waals surface area contributed by atoms with Crippen LogP contribution in [0.1, 0.15) is 18.1 Å². The molecule has 0 saturated heterocycles. The molecule has 168 valence electrons. The molecule has 0 unspecified atom stereocenters. The third kappa shape index (κ3) is 3.96. The summed E-state index contributed by atoms with van der Waals surface area (Å²) in [5.41, 5.74) is 5.41. The van der Waals surface area contributed by atoms with Crippen molar-refractivity contribution in [2.75, 3.05) is 28.8 Å². The number of hydrogen-bond donors (Lipinski definition) is 2. The summed E-state index contributed by atoms with van der Waals surface area (Å²) in [5, 5.41) is 5.01. The van der Waals surface area contributed by atoms with Gasteiger partial charge in [0, 0.05) is 58.9 Å². The van der Waals surface area contributed by atoms with Gasteiger partial charge in [0.15, 0.2) is 0 Å². The number of benzene rings is 2. The standard InChI is InChI=1S/C25H24ClN5O2/c1-3-30-23-17(14-29-24-22(23)7-8-27-24)15-31(25(30)32)20-9-16(10-21(12-20)33-2)13-28-19-6-4-5-18(26)11-19/h4-12,14,28H,3,13,15H2,1-2H3,(H,27,29). The first kappa shape index (κ1) is 21.2. The first-order valence-electron chi connectivity index (χ1n) is 10.8. The number of anilines is 3. The van der Waals surface area contributed by atoms with E-state index in [4.69, 9.17) is 16.3 Å². The van der Waals surface area contributed by atoms with Crippen molar-refractivity contribution in [3.05, 3.63) is 77.1 Å². The fourth-order valence-electron chi connectivity index (χ4n) is 4.27. The molecular weight excluding hydrogens is 438 g/mol. The Balaban J connectivity index is 1.49. The van der Waals surface area contributed by atoms with E-state index in [2.05, 4.69) is 15.3 Å². The maximum atomic E-state index is 13.6. The lowest BCUT2D eigenvalue weighted by atomic mass is 10.1. The second-order valence-corrected chi connectivity index (χ2v) is 8.32. The zero-order valence-corrected chi connectivity index (χ0v) is 19.2. The fraction of sp³-hybridized carbons (Fsp3) is 0.200. The molecule has 0 radical (unpaired) electrons. The predicted molar refractivity (Wildman–Crippen MR) is 132 cm³/mol. The number of pyridine rings is 1. The Morgan fingerprint density at radius 2 is 2.09 bits per heavy atom. The normalized spacial score (nSPS) is 13.4. The van der Waals surface area contributed by atoms with Gasteiger partial charge in [-0.25, -0.2) is 9.78 Å². The number of nitrogens with one attached hydrogen (secondary N) is 2. The van der Waals surface area contributed by atoms with Crippen molar-refractivity contribution in [2.24, 2.45) is 0 Å². The molecule has 0 bridgehead atoms. The lowest BCUT2D eigenvalue weighted by Gasteiger charge is -2.37. The van der Waals surface area contributed by atoms with Gasteiger partial charge < -0.3 is 15.0 Å². The van der Waals surface area contributed by atoms with Gasteiger partial charge in [-0.15, -0.1) is 0 Å². The maximum Gasteiger partial charge on any atom is 0.329 e. The number of rotatable bonds is 6. The quantitative estimate of drug-likeness (QED) is 0.380. The van der Waals surface area contributed by atoms with Crippen molar-refractivity contribution in [2.45, 2.75) is 20.0 Å². The van der Waals surface area contributed by atoms with E-state index in [1.807, 2.05) is 67.8 Å². The largest absolute Gasteiger partial charge is 0.497 e. The molecule has 2 aromatic carbocycles. The highest BCUT2D eigenvalue weighted by molar-refractivity contribution is 6.30. The second-order valence-electron chi connectivity index (χ2n) is 7.89. The molecule has 0 atom stereocenters. The summed E-state index contributed by atoms with van der Waals surface area (Å²) in [6.07, 6.45) is 3.70. The van der Waals surface area contributed by atoms with Crippen LogP contribution in [0.5, 0.6) is 5.75 Å². The van der Waals surface area contributed by atoms with Gasteiger partial charge in [0.1, 0.15) is 11.4 Å². The maximum absolute atomic E-state index is 13.6. The topological polar surface area (TPSA) is 73.5 Å². The van der Waals surface area contributed by atoms with Crippen LogP contribution in [0.2, 0.25) is 5.02 Å². The summed E-state index contributed by atoms with van der Waals surface area (Å²) in [4.78, 5) is 24.8. The van der Waals surface area contributed by atoms with Crippen molar-refractivity contribution in [1.82, 2.24) is 9.97 Å². The number of nitrogens with zero attached hydrogens (tertiary/aromatic N) is 3. The van der Waals surface area contributed by atoms with Gasteiger partial charge >= 0.3 is 6.03 Å². The summed E-state index contributed by atoms with van der Waals surface area (Å²) < 4.78 is 5.55. The Kier molecular flexibility index (Phi) is 5.56. The Labute approximate surface area is 196 Å². The monoisotopic (exact) mass is 461 g/mol. The van der Waals surface area contributed by atoms with Crippen LogP contribution in [0.15, 0.2) is 60.9 Å². The van der Waals surface area contributed by atoms with E-state index >= 15 is 0 Å². The fourth-order valence-corrected chi connectivity index (χ4v) is 4.46. The van der Waals surface area contributed by atoms with Gasteiger partial charge in [0.2, 0.25) is 0 Å². The van der Waals surface area contributed by atoms with Gasteiger partial charge in [-0.3, -0.25) is 9.80 Å². The number of hydrogen-bond acceptors (Lipinski definition) is 4. The number of H-pyrrole nitrogens is 1. The number of carbonyl (C=O) groups excluding carboxylic acids is 1. The molecule has 5 rings (SSSR count). The number of methoxy groups -OCH3 is 1. The van der Waals surface area contributed by atoms with Crippen LogP contribution >= 0.6 is 11.6 Å². The summed E-state index contributed by atoms with van der Waals surface area (Å²) in [5.74, 6) is 0.691. The zero-order valence-electron chi connectivity index (χ0n) is 18.4. The molecule has 0 spiro atoms. The van der Waals surface area contributed by atoms with E-state index in [1.54, 1.807) is 16.9 Å². The Bertz CT molecular complexity index is 1340. The van der Waals surface area contributed by atoms with Crippen LogP contribution in [0.25, 0.3) is 11.0 Å². The molecule has 33 heavy (non-hydrogen) atoms. The average molecular weight is 462 g/mol. The third-order valence-electron chi connectivity index (χ3n) is 5.83. The molecule has 7 nitrogen and oxygen atoms in total. The van der Waals surface area contributed by atoms with Crippen LogP contribution in [0.4, 0.5) is 21.9 Å². The van der Waals surface area contributed by atoms with Crippen LogP contribution in [0.3, 0.4) is 0 Å². The second kappa shape index (κ2) is 8.67. The zero-order chi connectivity index (χ0) is 22.9. The van der Waals surface area contributed by atoms with Crippen molar-refractivity contribution in [1.29, 1.82) is 0 Å². The minimum absolute atomic E-state index is 0.0688. The lowest BCUT2D eigenvalue weighted by Crippen LogP contribution is -2.47. The highest BCUT2D eigenvalue weighted by Gasteiger charge is 2.32. The van der Waals surface area contributed by atoms with Crippen LogP contribution < -0.4 is 19.9 Å². The van der Waals surface area contributed by atoms with Gasteiger partial charge in [0.25, 0.3) is 0 Å². The molecular formula is C25H24ClN5O2. The first-order valence-corrected chi connectivity index (χ1v) is 11.2. The molecule has 0 saturated carbocycles. The van der Waals surface area contributed by atoms with E-state index < -0.39 is 0 Å².